The molecule has 1 heterocycles. The average molecular weight is 395 g/mol. The van der Waals surface area contributed by atoms with E-state index >= 15 is 0 Å². The van der Waals surface area contributed by atoms with Crippen LogP contribution in [0.15, 0.2) is 24.3 Å². The number of piperidine rings is 1. The molecule has 1 aromatic rings. The Bertz CT molecular complexity index is 684. The Labute approximate surface area is 165 Å². The molecular formula is C20H27ClN2O4. The second-order valence-electron chi connectivity index (χ2n) is 7.12. The molecule has 6 nitrogen and oxygen atoms in total. The molecule has 2 amide bonds. The van der Waals surface area contributed by atoms with E-state index in [0.717, 1.165) is 0 Å². The number of esters is 1. The van der Waals surface area contributed by atoms with Crippen molar-refractivity contribution >= 4 is 29.4 Å². The Morgan fingerprint density at radius 2 is 1.85 bits per heavy atom. The maximum atomic E-state index is 12.8. The lowest BCUT2D eigenvalue weighted by Gasteiger charge is -2.33. The van der Waals surface area contributed by atoms with E-state index in [0.29, 0.717) is 36.5 Å². The van der Waals surface area contributed by atoms with Gasteiger partial charge in [0.1, 0.15) is 0 Å². The number of methoxy groups -OCH3 is 1. The van der Waals surface area contributed by atoms with E-state index in [1.165, 1.54) is 7.11 Å². The largest absolute Gasteiger partial charge is 0.469 e. The summed E-state index contributed by atoms with van der Waals surface area (Å²) in [6.45, 7) is 4.90. The highest BCUT2D eigenvalue weighted by Crippen LogP contribution is 2.27. The van der Waals surface area contributed by atoms with Gasteiger partial charge in [0, 0.05) is 29.9 Å². The normalized spacial score (nSPS) is 16.1. The van der Waals surface area contributed by atoms with Crippen molar-refractivity contribution in [1.82, 2.24) is 10.2 Å². The van der Waals surface area contributed by atoms with Gasteiger partial charge in [-0.25, -0.2) is 0 Å². The molecule has 1 fully saturated rings. The lowest BCUT2D eigenvalue weighted by Crippen LogP contribution is -2.45. The van der Waals surface area contributed by atoms with Crippen LogP contribution in [0.3, 0.4) is 0 Å². The zero-order valence-electron chi connectivity index (χ0n) is 16.0. The molecule has 0 bridgehead atoms. The summed E-state index contributed by atoms with van der Waals surface area (Å²) < 4.78 is 4.75. The number of nitrogens with zero attached hydrogens (tertiary/aromatic N) is 1. The van der Waals surface area contributed by atoms with Crippen molar-refractivity contribution in [1.29, 1.82) is 0 Å². The van der Waals surface area contributed by atoms with E-state index < -0.39 is 12.0 Å². The van der Waals surface area contributed by atoms with Crippen molar-refractivity contribution in [3.05, 3.63) is 34.9 Å². The monoisotopic (exact) mass is 394 g/mol. The number of amides is 2. The van der Waals surface area contributed by atoms with Crippen molar-refractivity contribution in [2.45, 2.75) is 39.2 Å². The standard InChI is InChI=1S/C20H27ClN2O4/c1-13(2)20(26)23-10-8-14(9-11-23)19(25)22-17(12-18(24)27-3)15-6-4-5-7-16(15)21/h4-7,13-14,17H,8-12H2,1-3H3,(H,22,25). The second kappa shape index (κ2) is 9.74. The molecule has 0 radical (unpaired) electrons. The highest BCUT2D eigenvalue weighted by Gasteiger charge is 2.30. The number of hydrogen-bond acceptors (Lipinski definition) is 4. The van der Waals surface area contributed by atoms with Crippen LogP contribution in [0.4, 0.5) is 0 Å². The number of carbonyl (C=O) groups is 3. The number of likely N-dealkylation sites (tertiary alicyclic amines) is 1. The number of ether oxygens (including phenoxy) is 1. The molecule has 0 aliphatic carbocycles. The molecule has 27 heavy (non-hydrogen) atoms. The van der Waals surface area contributed by atoms with Crippen molar-refractivity contribution < 1.29 is 19.1 Å². The van der Waals surface area contributed by atoms with Crippen molar-refractivity contribution in [3.8, 4) is 0 Å². The van der Waals surface area contributed by atoms with Gasteiger partial charge in [0.2, 0.25) is 11.8 Å². The summed E-state index contributed by atoms with van der Waals surface area (Å²) >= 11 is 6.25. The molecule has 0 spiro atoms. The van der Waals surface area contributed by atoms with Crippen molar-refractivity contribution in [2.24, 2.45) is 11.8 Å². The van der Waals surface area contributed by atoms with E-state index in [2.05, 4.69) is 5.32 Å². The van der Waals surface area contributed by atoms with Crippen LogP contribution < -0.4 is 5.32 Å². The molecule has 1 saturated heterocycles. The molecular weight excluding hydrogens is 368 g/mol. The molecule has 0 aromatic heterocycles. The first kappa shape index (κ1) is 21.2. The topological polar surface area (TPSA) is 75.7 Å². The Morgan fingerprint density at radius 3 is 2.41 bits per heavy atom. The first-order valence-electron chi connectivity index (χ1n) is 9.23. The molecule has 1 aromatic carbocycles. The van der Waals surface area contributed by atoms with Crippen LogP contribution in [0.1, 0.15) is 44.7 Å². The first-order valence-corrected chi connectivity index (χ1v) is 9.61. The van der Waals surface area contributed by atoms with Gasteiger partial charge in [0.25, 0.3) is 0 Å². The fraction of sp³-hybridized carbons (Fsp3) is 0.550. The zero-order chi connectivity index (χ0) is 20.0. The molecule has 1 aliphatic rings. The summed E-state index contributed by atoms with van der Waals surface area (Å²) in [6, 6.07) is 6.58. The van der Waals surface area contributed by atoms with Crippen LogP contribution >= 0.6 is 11.6 Å². The first-order chi connectivity index (χ1) is 12.8. The summed E-state index contributed by atoms with van der Waals surface area (Å²) in [7, 11) is 1.31. The summed E-state index contributed by atoms with van der Waals surface area (Å²) in [6.07, 6.45) is 1.23. The zero-order valence-corrected chi connectivity index (χ0v) is 16.8. The SMILES string of the molecule is COC(=O)CC(NC(=O)C1CCN(C(=O)C(C)C)CC1)c1ccccc1Cl. The minimum atomic E-state index is -0.547. The highest BCUT2D eigenvalue weighted by atomic mass is 35.5. The molecule has 0 saturated carbocycles. The van der Waals surface area contributed by atoms with Crippen LogP contribution in [0.25, 0.3) is 0 Å². The molecule has 1 N–H and O–H groups in total. The van der Waals surface area contributed by atoms with Crippen LogP contribution in [0, 0.1) is 11.8 Å². The lowest BCUT2D eigenvalue weighted by molar-refractivity contribution is -0.142. The van der Waals surface area contributed by atoms with Gasteiger partial charge in [0.05, 0.1) is 19.6 Å². The Morgan fingerprint density at radius 1 is 1.22 bits per heavy atom. The van der Waals surface area contributed by atoms with Crippen LogP contribution in [-0.4, -0.2) is 42.9 Å². The van der Waals surface area contributed by atoms with E-state index in [1.54, 1.807) is 18.2 Å². The van der Waals surface area contributed by atoms with Crippen molar-refractivity contribution in [3.63, 3.8) is 0 Å². The third-order valence-electron chi connectivity index (χ3n) is 4.87. The molecule has 2 rings (SSSR count). The summed E-state index contributed by atoms with van der Waals surface area (Å²) in [5, 5.41) is 3.44. The van der Waals surface area contributed by atoms with Crippen LogP contribution in [0.5, 0.6) is 0 Å². The smallest absolute Gasteiger partial charge is 0.307 e. The molecule has 1 unspecified atom stereocenters. The predicted octanol–water partition coefficient (Wildman–Crippen LogP) is 2.96. The number of nitrogens with one attached hydrogen (secondary N) is 1. The Balaban J connectivity index is 2.03. The van der Waals surface area contributed by atoms with Crippen LogP contribution in [0.2, 0.25) is 5.02 Å². The minimum absolute atomic E-state index is 0.0106. The Hall–Kier alpha value is -2.08. The molecule has 148 valence electrons. The fourth-order valence-electron chi connectivity index (χ4n) is 3.26. The summed E-state index contributed by atoms with van der Waals surface area (Å²) in [5.41, 5.74) is 0.685. The molecule has 1 atom stereocenters. The fourth-order valence-corrected chi connectivity index (χ4v) is 3.53. The van der Waals surface area contributed by atoms with Gasteiger partial charge in [-0.1, -0.05) is 43.6 Å². The van der Waals surface area contributed by atoms with Gasteiger partial charge in [-0.05, 0) is 24.5 Å². The maximum absolute atomic E-state index is 12.8. The van der Waals surface area contributed by atoms with Gasteiger partial charge >= 0.3 is 5.97 Å². The summed E-state index contributed by atoms with van der Waals surface area (Å²) in [5.74, 6) is -0.657. The number of hydrogen-bond donors (Lipinski definition) is 1. The third kappa shape index (κ3) is 5.70. The predicted molar refractivity (Wildman–Crippen MR) is 103 cm³/mol. The van der Waals surface area contributed by atoms with E-state index in [9.17, 15) is 14.4 Å². The van der Waals surface area contributed by atoms with Gasteiger partial charge in [-0.3, -0.25) is 14.4 Å². The summed E-state index contributed by atoms with van der Waals surface area (Å²) in [4.78, 5) is 38.5. The number of carbonyl (C=O) groups excluding carboxylic acids is 3. The molecule has 1 aliphatic heterocycles. The van der Waals surface area contributed by atoms with Crippen molar-refractivity contribution in [2.75, 3.05) is 20.2 Å². The van der Waals surface area contributed by atoms with Gasteiger partial charge in [0.15, 0.2) is 0 Å². The number of rotatable bonds is 6. The highest BCUT2D eigenvalue weighted by molar-refractivity contribution is 6.31. The second-order valence-corrected chi connectivity index (χ2v) is 7.52. The van der Waals surface area contributed by atoms with E-state index in [1.807, 2.05) is 24.8 Å². The van der Waals surface area contributed by atoms with E-state index in [4.69, 9.17) is 16.3 Å². The average Bonchev–Trinajstić information content (AvgIpc) is 2.67. The maximum Gasteiger partial charge on any atom is 0.307 e. The lowest BCUT2D eigenvalue weighted by atomic mass is 9.94. The van der Waals surface area contributed by atoms with Gasteiger partial charge < -0.3 is 15.0 Å². The van der Waals surface area contributed by atoms with Crippen LogP contribution in [-0.2, 0) is 19.1 Å². The quantitative estimate of drug-likeness (QED) is 0.752. The number of benzene rings is 1. The Kier molecular flexibility index (Phi) is 7.66. The van der Waals surface area contributed by atoms with Gasteiger partial charge in [-0.2, -0.15) is 0 Å². The number of halogens is 1. The van der Waals surface area contributed by atoms with E-state index in [-0.39, 0.29) is 30.1 Å². The molecule has 7 heteroatoms. The third-order valence-corrected chi connectivity index (χ3v) is 5.21. The minimum Gasteiger partial charge on any atom is -0.469 e. The van der Waals surface area contributed by atoms with Gasteiger partial charge in [-0.15, -0.1) is 0 Å².